The Balaban J connectivity index is 2.43. The third kappa shape index (κ3) is 5.68. The molecule has 106 valence electrons. The van der Waals surface area contributed by atoms with E-state index in [2.05, 4.69) is 29.1 Å². The van der Waals surface area contributed by atoms with E-state index < -0.39 is 0 Å². The molecule has 0 unspecified atom stereocenters. The van der Waals surface area contributed by atoms with E-state index in [1.165, 1.54) is 0 Å². The second-order valence-electron chi connectivity index (χ2n) is 4.75. The number of hydrogen-bond donors (Lipinski definition) is 1. The number of aromatic nitrogens is 2. The molecule has 0 aliphatic rings. The van der Waals surface area contributed by atoms with Gasteiger partial charge < -0.3 is 10.1 Å². The fourth-order valence-electron chi connectivity index (χ4n) is 1.63. The van der Waals surface area contributed by atoms with Crippen LogP contribution in [-0.4, -0.2) is 29.1 Å². The normalized spacial score (nSPS) is 10.6. The molecule has 0 amide bonds. The molecule has 0 saturated carbocycles. The first-order valence-corrected chi connectivity index (χ1v) is 6.78. The van der Waals surface area contributed by atoms with E-state index >= 15 is 0 Å². The van der Waals surface area contributed by atoms with Crippen LogP contribution in [0.4, 0.5) is 5.95 Å². The Morgan fingerprint density at radius 3 is 2.79 bits per heavy atom. The van der Waals surface area contributed by atoms with Crippen molar-refractivity contribution in [1.82, 2.24) is 9.97 Å². The summed E-state index contributed by atoms with van der Waals surface area (Å²) in [5, 5.41) is 3.15. The number of hydrogen-bond acceptors (Lipinski definition) is 5. The summed E-state index contributed by atoms with van der Waals surface area (Å²) in [6, 6.07) is 1.99. The lowest BCUT2D eigenvalue weighted by molar-refractivity contribution is -0.143. The summed E-state index contributed by atoms with van der Waals surface area (Å²) in [7, 11) is 0. The molecule has 0 atom stereocenters. The van der Waals surface area contributed by atoms with Gasteiger partial charge in [-0.25, -0.2) is 9.97 Å². The summed E-state index contributed by atoms with van der Waals surface area (Å²) in [4.78, 5) is 19.9. The largest absolute Gasteiger partial charge is 0.466 e. The molecule has 0 bridgehead atoms. The molecule has 0 aliphatic carbocycles. The minimum Gasteiger partial charge on any atom is -0.466 e. The molecule has 1 aromatic heterocycles. The van der Waals surface area contributed by atoms with Crippen molar-refractivity contribution in [2.45, 2.75) is 46.5 Å². The fourth-order valence-corrected chi connectivity index (χ4v) is 1.63. The molecule has 1 rings (SSSR count). The van der Waals surface area contributed by atoms with Crippen molar-refractivity contribution in [1.29, 1.82) is 0 Å². The first kappa shape index (κ1) is 15.4. The summed E-state index contributed by atoms with van der Waals surface area (Å²) < 4.78 is 4.87. The standard InChI is InChI=1S/C14H23N3O2/c1-5-19-13(18)7-6-8-15-14-16-11(4)9-12(17-14)10(2)3/h9-10H,5-8H2,1-4H3,(H,15,16,17). The lowest BCUT2D eigenvalue weighted by atomic mass is 10.1. The molecule has 0 spiro atoms. The first-order chi connectivity index (χ1) is 9.02. The van der Waals surface area contributed by atoms with Gasteiger partial charge in [-0.1, -0.05) is 13.8 Å². The summed E-state index contributed by atoms with van der Waals surface area (Å²) in [6.45, 7) is 9.07. The van der Waals surface area contributed by atoms with Crippen molar-refractivity contribution in [2.75, 3.05) is 18.5 Å². The average molecular weight is 265 g/mol. The number of anilines is 1. The van der Waals surface area contributed by atoms with Crippen LogP contribution < -0.4 is 5.32 Å². The highest BCUT2D eigenvalue weighted by Gasteiger charge is 2.06. The van der Waals surface area contributed by atoms with Gasteiger partial charge in [0.2, 0.25) is 5.95 Å². The zero-order valence-electron chi connectivity index (χ0n) is 12.2. The molecule has 5 nitrogen and oxygen atoms in total. The van der Waals surface area contributed by atoms with E-state index in [0.717, 1.165) is 11.4 Å². The molecule has 1 heterocycles. The Labute approximate surface area is 114 Å². The zero-order chi connectivity index (χ0) is 14.3. The third-order valence-corrected chi connectivity index (χ3v) is 2.61. The van der Waals surface area contributed by atoms with Crippen LogP contribution in [0.2, 0.25) is 0 Å². The van der Waals surface area contributed by atoms with Crippen molar-refractivity contribution < 1.29 is 9.53 Å². The van der Waals surface area contributed by atoms with Crippen LogP contribution in [0.5, 0.6) is 0 Å². The van der Waals surface area contributed by atoms with Crippen LogP contribution in [0.15, 0.2) is 6.07 Å². The van der Waals surface area contributed by atoms with Gasteiger partial charge in [-0.3, -0.25) is 4.79 Å². The Morgan fingerprint density at radius 1 is 1.42 bits per heavy atom. The predicted octanol–water partition coefficient (Wildman–Crippen LogP) is 2.66. The van der Waals surface area contributed by atoms with E-state index in [0.29, 0.717) is 37.9 Å². The van der Waals surface area contributed by atoms with E-state index in [1.54, 1.807) is 0 Å². The Hall–Kier alpha value is -1.65. The Morgan fingerprint density at radius 2 is 2.16 bits per heavy atom. The second kappa shape index (κ2) is 7.71. The predicted molar refractivity (Wildman–Crippen MR) is 75.2 cm³/mol. The number of nitrogens with zero attached hydrogens (tertiary/aromatic N) is 2. The van der Waals surface area contributed by atoms with Gasteiger partial charge in [0.15, 0.2) is 0 Å². The SMILES string of the molecule is CCOC(=O)CCCNc1nc(C)cc(C(C)C)n1. The van der Waals surface area contributed by atoms with Crippen LogP contribution >= 0.6 is 0 Å². The third-order valence-electron chi connectivity index (χ3n) is 2.61. The number of carbonyl (C=O) groups excluding carboxylic acids is 1. The summed E-state index contributed by atoms with van der Waals surface area (Å²) >= 11 is 0. The van der Waals surface area contributed by atoms with Gasteiger partial charge in [-0.15, -0.1) is 0 Å². The molecule has 0 fully saturated rings. The lowest BCUT2D eigenvalue weighted by Crippen LogP contribution is -2.11. The van der Waals surface area contributed by atoms with Crippen molar-refractivity contribution in [3.63, 3.8) is 0 Å². The molecule has 5 heteroatoms. The molecular weight excluding hydrogens is 242 g/mol. The van der Waals surface area contributed by atoms with Crippen LogP contribution in [0.25, 0.3) is 0 Å². The topological polar surface area (TPSA) is 64.1 Å². The number of carbonyl (C=O) groups is 1. The van der Waals surface area contributed by atoms with Gasteiger partial charge in [-0.2, -0.15) is 0 Å². The van der Waals surface area contributed by atoms with E-state index in [4.69, 9.17) is 4.74 Å². The van der Waals surface area contributed by atoms with E-state index in [1.807, 2.05) is 19.9 Å². The molecule has 1 aromatic rings. The maximum atomic E-state index is 11.2. The molecule has 0 radical (unpaired) electrons. The quantitative estimate of drug-likeness (QED) is 0.606. The van der Waals surface area contributed by atoms with Gasteiger partial charge >= 0.3 is 5.97 Å². The highest BCUT2D eigenvalue weighted by atomic mass is 16.5. The summed E-state index contributed by atoms with van der Waals surface area (Å²) in [5.41, 5.74) is 1.98. The van der Waals surface area contributed by atoms with Crippen molar-refractivity contribution in [3.05, 3.63) is 17.5 Å². The van der Waals surface area contributed by atoms with Crippen molar-refractivity contribution in [2.24, 2.45) is 0 Å². The maximum Gasteiger partial charge on any atom is 0.305 e. The highest BCUT2D eigenvalue weighted by Crippen LogP contribution is 2.14. The van der Waals surface area contributed by atoms with Gasteiger partial charge in [0.1, 0.15) is 0 Å². The van der Waals surface area contributed by atoms with E-state index in [-0.39, 0.29) is 5.97 Å². The smallest absolute Gasteiger partial charge is 0.305 e. The maximum absolute atomic E-state index is 11.2. The van der Waals surface area contributed by atoms with Crippen LogP contribution in [0, 0.1) is 6.92 Å². The lowest BCUT2D eigenvalue weighted by Gasteiger charge is -2.10. The fraction of sp³-hybridized carbons (Fsp3) is 0.643. The van der Waals surface area contributed by atoms with Gasteiger partial charge in [0, 0.05) is 24.4 Å². The van der Waals surface area contributed by atoms with Crippen molar-refractivity contribution in [3.8, 4) is 0 Å². The summed E-state index contributed by atoms with van der Waals surface area (Å²) in [6.07, 6.45) is 1.14. The minimum atomic E-state index is -0.155. The second-order valence-corrected chi connectivity index (χ2v) is 4.75. The molecule has 0 saturated heterocycles. The number of aryl methyl sites for hydroxylation is 1. The van der Waals surface area contributed by atoms with E-state index in [9.17, 15) is 4.79 Å². The Kier molecular flexibility index (Phi) is 6.25. The van der Waals surface area contributed by atoms with Crippen LogP contribution in [0.1, 0.15) is 50.9 Å². The van der Waals surface area contributed by atoms with Gasteiger partial charge in [-0.05, 0) is 32.3 Å². The molecule has 0 aromatic carbocycles. The Bertz CT molecular complexity index is 419. The minimum absolute atomic E-state index is 0.155. The summed E-state index contributed by atoms with van der Waals surface area (Å²) in [5.74, 6) is 0.853. The molecule has 19 heavy (non-hydrogen) atoms. The number of nitrogens with one attached hydrogen (secondary N) is 1. The molecule has 0 aliphatic heterocycles. The highest BCUT2D eigenvalue weighted by molar-refractivity contribution is 5.69. The average Bonchev–Trinajstić information content (AvgIpc) is 2.34. The number of esters is 1. The first-order valence-electron chi connectivity index (χ1n) is 6.78. The number of ether oxygens (including phenoxy) is 1. The van der Waals surface area contributed by atoms with Crippen LogP contribution in [0.3, 0.4) is 0 Å². The molecular formula is C14H23N3O2. The molecule has 1 N–H and O–H groups in total. The van der Waals surface area contributed by atoms with Crippen molar-refractivity contribution >= 4 is 11.9 Å². The van der Waals surface area contributed by atoms with Gasteiger partial charge in [0.25, 0.3) is 0 Å². The monoisotopic (exact) mass is 265 g/mol. The van der Waals surface area contributed by atoms with Gasteiger partial charge in [0.05, 0.1) is 6.61 Å². The zero-order valence-corrected chi connectivity index (χ0v) is 12.2. The number of rotatable bonds is 7. The van der Waals surface area contributed by atoms with Crippen LogP contribution in [-0.2, 0) is 9.53 Å².